The summed E-state index contributed by atoms with van der Waals surface area (Å²) in [5.74, 6) is 8.00. The van der Waals surface area contributed by atoms with Gasteiger partial charge in [0.1, 0.15) is 0 Å². The van der Waals surface area contributed by atoms with Gasteiger partial charge in [-0.05, 0) is 18.2 Å². The van der Waals surface area contributed by atoms with E-state index in [1.54, 1.807) is 6.20 Å². The SMILES string of the molecule is F.F.NN.[B].c1cnc2cc[nH]c2c1. The molecule has 2 rings (SSSR count). The molecule has 0 aromatic carbocycles. The van der Waals surface area contributed by atoms with Gasteiger partial charge in [0, 0.05) is 20.8 Å². The van der Waals surface area contributed by atoms with Gasteiger partial charge in [-0.1, -0.05) is 0 Å². The van der Waals surface area contributed by atoms with Gasteiger partial charge in [-0.15, -0.1) is 0 Å². The lowest BCUT2D eigenvalue weighted by atomic mass is 10.4. The molecule has 0 bridgehead atoms. The van der Waals surface area contributed by atoms with E-state index in [0.29, 0.717) is 0 Å². The van der Waals surface area contributed by atoms with Crippen molar-refractivity contribution in [1.29, 1.82) is 0 Å². The monoisotopic (exact) mass is 201 g/mol. The zero-order valence-corrected chi connectivity index (χ0v) is 7.38. The Morgan fingerprint density at radius 2 is 1.79 bits per heavy atom. The van der Waals surface area contributed by atoms with E-state index in [9.17, 15) is 0 Å². The first-order valence-corrected chi connectivity index (χ1v) is 3.18. The van der Waals surface area contributed by atoms with Crippen molar-refractivity contribution < 1.29 is 9.41 Å². The zero-order chi connectivity index (χ0) is 8.10. The van der Waals surface area contributed by atoms with E-state index in [0.717, 1.165) is 11.0 Å². The lowest BCUT2D eigenvalue weighted by Crippen LogP contribution is -2.02. The van der Waals surface area contributed by atoms with Crippen molar-refractivity contribution in [2.24, 2.45) is 11.7 Å². The average molecular weight is 201 g/mol. The van der Waals surface area contributed by atoms with E-state index in [2.05, 4.69) is 21.7 Å². The minimum atomic E-state index is 0. The molecule has 0 unspecified atom stereocenters. The fourth-order valence-electron chi connectivity index (χ4n) is 0.883. The van der Waals surface area contributed by atoms with Crippen molar-refractivity contribution in [1.82, 2.24) is 9.97 Å². The van der Waals surface area contributed by atoms with Crippen LogP contribution in [0.2, 0.25) is 0 Å². The minimum absolute atomic E-state index is 0. The van der Waals surface area contributed by atoms with Crippen molar-refractivity contribution in [3.05, 3.63) is 30.6 Å². The topological polar surface area (TPSA) is 80.7 Å². The summed E-state index contributed by atoms with van der Waals surface area (Å²) in [6.07, 6.45) is 3.67. The van der Waals surface area contributed by atoms with Crippen LogP contribution in [0.1, 0.15) is 0 Å². The first-order chi connectivity index (χ1) is 5.47. The number of H-pyrrole nitrogens is 1. The quantitative estimate of drug-likeness (QED) is 0.326. The molecule has 0 aliphatic carbocycles. The highest BCUT2D eigenvalue weighted by Crippen LogP contribution is 2.05. The predicted octanol–water partition coefficient (Wildman–Crippen LogP) is 0.306. The molecule has 7 heteroatoms. The number of nitrogens with two attached hydrogens (primary N) is 2. The smallest absolute Gasteiger partial charge is 0.0878 e. The molecule has 77 valence electrons. The summed E-state index contributed by atoms with van der Waals surface area (Å²) in [5, 5.41) is 0. The van der Waals surface area contributed by atoms with Gasteiger partial charge in [0.2, 0.25) is 0 Å². The molecule has 0 aliphatic rings. The number of hydrogen-bond donors (Lipinski definition) is 3. The molecular weight excluding hydrogens is 189 g/mol. The Balaban J connectivity index is -0.000000229. The first-order valence-electron chi connectivity index (χ1n) is 3.18. The molecule has 0 aliphatic heterocycles. The molecule has 4 nitrogen and oxygen atoms in total. The van der Waals surface area contributed by atoms with Gasteiger partial charge in [-0.3, -0.25) is 26.1 Å². The Morgan fingerprint density at radius 3 is 2.36 bits per heavy atom. The second-order valence-electron chi connectivity index (χ2n) is 1.91. The third-order valence-electron chi connectivity index (χ3n) is 1.32. The van der Waals surface area contributed by atoms with E-state index in [1.165, 1.54) is 0 Å². The number of hydrogen-bond acceptors (Lipinski definition) is 3. The fraction of sp³-hybridized carbons (Fsp3) is 0. The van der Waals surface area contributed by atoms with Crippen molar-refractivity contribution in [3.8, 4) is 0 Å². The zero-order valence-electron chi connectivity index (χ0n) is 7.38. The van der Waals surface area contributed by atoms with Crippen LogP contribution < -0.4 is 11.7 Å². The van der Waals surface area contributed by atoms with Gasteiger partial charge >= 0.3 is 0 Å². The summed E-state index contributed by atoms with van der Waals surface area (Å²) in [4.78, 5) is 7.17. The maximum absolute atomic E-state index is 4.11. The molecule has 0 amide bonds. The van der Waals surface area contributed by atoms with Crippen LogP contribution in [-0.2, 0) is 0 Å². The van der Waals surface area contributed by atoms with Gasteiger partial charge in [0.05, 0.1) is 11.0 Å². The maximum atomic E-state index is 4.11. The van der Waals surface area contributed by atoms with Crippen LogP contribution in [0.3, 0.4) is 0 Å². The third kappa shape index (κ3) is 3.97. The number of fused-ring (bicyclic) bond motifs is 1. The molecule has 3 radical (unpaired) electrons. The third-order valence-corrected chi connectivity index (χ3v) is 1.32. The summed E-state index contributed by atoms with van der Waals surface area (Å²) < 4.78 is 0. The van der Waals surface area contributed by atoms with Crippen LogP contribution in [0.4, 0.5) is 9.41 Å². The molecule has 14 heavy (non-hydrogen) atoms. The molecule has 0 saturated carbocycles. The summed E-state index contributed by atoms with van der Waals surface area (Å²) in [6, 6.07) is 5.87. The molecule has 0 fully saturated rings. The molecule has 2 aromatic rings. The largest absolute Gasteiger partial charge is 0.360 e. The van der Waals surface area contributed by atoms with Gasteiger partial charge in [-0.2, -0.15) is 0 Å². The lowest BCUT2D eigenvalue weighted by Gasteiger charge is -1.82. The van der Waals surface area contributed by atoms with Crippen LogP contribution in [0.25, 0.3) is 11.0 Å². The Bertz CT molecular complexity index is 298. The fourth-order valence-corrected chi connectivity index (χ4v) is 0.883. The highest BCUT2D eigenvalue weighted by atomic mass is 19.0. The summed E-state index contributed by atoms with van der Waals surface area (Å²) in [6.45, 7) is 0. The summed E-state index contributed by atoms with van der Waals surface area (Å²) in [7, 11) is 0. The number of nitrogens with zero attached hydrogens (tertiary/aromatic N) is 1. The highest BCUT2D eigenvalue weighted by Gasteiger charge is 1.88. The Labute approximate surface area is 82.0 Å². The number of aromatic amines is 1. The van der Waals surface area contributed by atoms with Crippen LogP contribution in [-0.4, -0.2) is 18.4 Å². The van der Waals surface area contributed by atoms with E-state index in [1.807, 2.05) is 24.4 Å². The van der Waals surface area contributed by atoms with Crippen LogP contribution in [0.15, 0.2) is 30.6 Å². The van der Waals surface area contributed by atoms with E-state index >= 15 is 0 Å². The lowest BCUT2D eigenvalue weighted by molar-refractivity contribution is 1.11. The van der Waals surface area contributed by atoms with Gasteiger partial charge in [-0.25, -0.2) is 0 Å². The first kappa shape index (κ1) is 18.3. The van der Waals surface area contributed by atoms with Gasteiger partial charge in [0.15, 0.2) is 0 Å². The Morgan fingerprint density at radius 1 is 1.14 bits per heavy atom. The standard InChI is InChI=1S/C7H6N2.B.2FH.H4N2/c1-2-6-7(8-4-1)3-5-9-6;;;;1-2/h1-5,9H;;2*1H;1-2H2. The van der Waals surface area contributed by atoms with Crippen molar-refractivity contribution in [2.45, 2.75) is 0 Å². The van der Waals surface area contributed by atoms with Crippen LogP contribution in [0, 0.1) is 0 Å². The average Bonchev–Trinajstić information content (AvgIpc) is 2.55. The second kappa shape index (κ2) is 9.62. The van der Waals surface area contributed by atoms with Crippen LogP contribution >= 0.6 is 0 Å². The molecule has 0 atom stereocenters. The van der Waals surface area contributed by atoms with Crippen molar-refractivity contribution >= 4 is 19.4 Å². The van der Waals surface area contributed by atoms with Crippen molar-refractivity contribution in [3.63, 3.8) is 0 Å². The second-order valence-corrected chi connectivity index (χ2v) is 1.91. The Hall–Kier alpha value is -1.47. The molecule has 2 aromatic heterocycles. The molecule has 5 N–H and O–H groups in total. The number of nitrogens with one attached hydrogen (secondary N) is 1. The number of pyridine rings is 1. The van der Waals surface area contributed by atoms with Crippen LogP contribution in [0.5, 0.6) is 0 Å². The summed E-state index contributed by atoms with van der Waals surface area (Å²) >= 11 is 0. The molecular formula is C7H12BF2N4. The van der Waals surface area contributed by atoms with Gasteiger partial charge in [0.25, 0.3) is 0 Å². The normalized spacial score (nSPS) is 7.00. The number of hydrazine groups is 1. The van der Waals surface area contributed by atoms with E-state index < -0.39 is 0 Å². The Kier molecular flexibility index (Phi) is 12.6. The number of halogens is 2. The summed E-state index contributed by atoms with van der Waals surface area (Å²) in [5.41, 5.74) is 2.12. The number of aromatic nitrogens is 2. The van der Waals surface area contributed by atoms with Gasteiger partial charge < -0.3 is 4.98 Å². The molecule has 0 spiro atoms. The van der Waals surface area contributed by atoms with E-state index in [4.69, 9.17) is 0 Å². The highest BCUT2D eigenvalue weighted by molar-refractivity contribution is 5.75. The number of rotatable bonds is 0. The maximum Gasteiger partial charge on any atom is 0.0878 e. The van der Waals surface area contributed by atoms with E-state index in [-0.39, 0.29) is 17.8 Å². The predicted molar refractivity (Wildman–Crippen MR) is 55.2 cm³/mol. The molecule has 2 heterocycles. The minimum Gasteiger partial charge on any atom is -0.360 e. The van der Waals surface area contributed by atoms with Crippen molar-refractivity contribution in [2.75, 3.05) is 0 Å². The molecule has 0 saturated heterocycles.